The van der Waals surface area contributed by atoms with Gasteiger partial charge in [0.1, 0.15) is 12.1 Å². The number of hydrogen-bond acceptors (Lipinski definition) is 1. The van der Waals surface area contributed by atoms with Gasteiger partial charge < -0.3 is 4.79 Å². The molecule has 1 aromatic carbocycles. The summed E-state index contributed by atoms with van der Waals surface area (Å²) in [6, 6.07) is 4.84. The second-order valence-corrected chi connectivity index (χ2v) is 3.13. The largest absolute Gasteiger partial charge is 0.303 e. The highest BCUT2D eigenvalue weighted by Crippen LogP contribution is 2.17. The average molecular weight is 180 g/mol. The molecule has 0 fully saturated rings. The van der Waals surface area contributed by atoms with E-state index in [4.69, 9.17) is 0 Å². The third kappa shape index (κ3) is 2.14. The quantitative estimate of drug-likeness (QED) is 0.653. The lowest BCUT2D eigenvalue weighted by molar-refractivity contribution is -0.108. The molecule has 0 heterocycles. The van der Waals surface area contributed by atoms with Crippen LogP contribution in [0.3, 0.4) is 0 Å². The molecule has 1 unspecified atom stereocenters. The fourth-order valence-electron chi connectivity index (χ4n) is 1.23. The van der Waals surface area contributed by atoms with E-state index in [2.05, 4.69) is 0 Å². The van der Waals surface area contributed by atoms with E-state index in [1.807, 2.05) is 6.92 Å². The monoisotopic (exact) mass is 180 g/mol. The summed E-state index contributed by atoms with van der Waals surface area (Å²) in [6.45, 7) is 3.70. The van der Waals surface area contributed by atoms with Crippen molar-refractivity contribution in [3.63, 3.8) is 0 Å². The van der Waals surface area contributed by atoms with Gasteiger partial charge in [-0.25, -0.2) is 4.39 Å². The number of aldehydes is 1. The highest BCUT2D eigenvalue weighted by atomic mass is 19.1. The first-order valence-corrected chi connectivity index (χ1v) is 4.42. The van der Waals surface area contributed by atoms with Gasteiger partial charge in [-0.15, -0.1) is 0 Å². The zero-order chi connectivity index (χ0) is 9.84. The molecule has 0 spiro atoms. The number of aryl methyl sites for hydroxylation is 1. The van der Waals surface area contributed by atoms with E-state index in [1.54, 1.807) is 19.1 Å². The molecular weight excluding hydrogens is 167 g/mol. The highest BCUT2D eigenvalue weighted by molar-refractivity contribution is 5.61. The second kappa shape index (κ2) is 4.17. The molecule has 1 rings (SSSR count). The van der Waals surface area contributed by atoms with Gasteiger partial charge in [0.2, 0.25) is 0 Å². The van der Waals surface area contributed by atoms with Crippen LogP contribution >= 0.6 is 0 Å². The summed E-state index contributed by atoms with van der Waals surface area (Å²) in [5, 5.41) is 0. The number of hydrogen-bond donors (Lipinski definition) is 0. The predicted molar refractivity (Wildman–Crippen MR) is 50.3 cm³/mol. The Hall–Kier alpha value is -1.18. The van der Waals surface area contributed by atoms with Crippen LogP contribution in [-0.4, -0.2) is 6.29 Å². The van der Waals surface area contributed by atoms with Crippen molar-refractivity contribution < 1.29 is 9.18 Å². The normalized spacial score (nSPS) is 12.5. The topological polar surface area (TPSA) is 17.1 Å². The van der Waals surface area contributed by atoms with Crippen LogP contribution < -0.4 is 0 Å². The van der Waals surface area contributed by atoms with Crippen molar-refractivity contribution in [3.8, 4) is 0 Å². The van der Waals surface area contributed by atoms with Crippen molar-refractivity contribution in [2.24, 2.45) is 0 Å². The Morgan fingerprint density at radius 2 is 2.23 bits per heavy atom. The molecule has 0 aliphatic carbocycles. The molecule has 0 aliphatic heterocycles. The SMILES string of the molecule is CCc1cc(C(C)C=O)ccc1F. The summed E-state index contributed by atoms with van der Waals surface area (Å²) in [7, 11) is 0. The molecular formula is C11H13FO. The van der Waals surface area contributed by atoms with Crippen LogP contribution in [-0.2, 0) is 11.2 Å². The molecule has 0 N–H and O–H groups in total. The van der Waals surface area contributed by atoms with Crippen molar-refractivity contribution in [2.75, 3.05) is 0 Å². The van der Waals surface area contributed by atoms with E-state index < -0.39 is 0 Å². The molecule has 0 amide bonds. The van der Waals surface area contributed by atoms with Crippen LogP contribution in [0.2, 0.25) is 0 Å². The van der Waals surface area contributed by atoms with Crippen molar-refractivity contribution in [1.82, 2.24) is 0 Å². The highest BCUT2D eigenvalue weighted by Gasteiger charge is 2.06. The second-order valence-electron chi connectivity index (χ2n) is 3.13. The Bertz CT molecular complexity index is 307. The van der Waals surface area contributed by atoms with Crippen LogP contribution in [0, 0.1) is 5.82 Å². The van der Waals surface area contributed by atoms with Crippen LogP contribution in [0.25, 0.3) is 0 Å². The molecule has 13 heavy (non-hydrogen) atoms. The van der Waals surface area contributed by atoms with Crippen molar-refractivity contribution in [3.05, 3.63) is 35.1 Å². The van der Waals surface area contributed by atoms with Gasteiger partial charge in [0.25, 0.3) is 0 Å². The number of halogens is 1. The Kier molecular flexibility index (Phi) is 3.18. The average Bonchev–Trinajstić information content (AvgIpc) is 2.17. The smallest absolute Gasteiger partial charge is 0.127 e. The van der Waals surface area contributed by atoms with Gasteiger partial charge >= 0.3 is 0 Å². The first-order valence-electron chi connectivity index (χ1n) is 4.42. The third-order valence-corrected chi connectivity index (χ3v) is 2.18. The third-order valence-electron chi connectivity index (χ3n) is 2.18. The molecule has 1 aromatic rings. The molecule has 70 valence electrons. The fourth-order valence-corrected chi connectivity index (χ4v) is 1.23. The Balaban J connectivity index is 3.05. The molecule has 0 radical (unpaired) electrons. The Morgan fingerprint density at radius 1 is 1.54 bits per heavy atom. The Labute approximate surface area is 77.6 Å². The van der Waals surface area contributed by atoms with Crippen molar-refractivity contribution in [2.45, 2.75) is 26.2 Å². The van der Waals surface area contributed by atoms with Crippen molar-refractivity contribution in [1.29, 1.82) is 0 Å². The molecule has 1 nitrogen and oxygen atoms in total. The lowest BCUT2D eigenvalue weighted by atomic mass is 9.99. The first-order chi connectivity index (χ1) is 6.19. The van der Waals surface area contributed by atoms with Gasteiger partial charge in [0.15, 0.2) is 0 Å². The molecule has 0 saturated heterocycles. The summed E-state index contributed by atoms with van der Waals surface area (Å²) in [5.41, 5.74) is 1.56. The predicted octanol–water partition coefficient (Wildman–Crippen LogP) is 2.69. The van der Waals surface area contributed by atoms with E-state index >= 15 is 0 Å². The summed E-state index contributed by atoms with van der Waals surface area (Å²) in [6.07, 6.45) is 1.53. The molecule has 0 aromatic heterocycles. The fraction of sp³-hybridized carbons (Fsp3) is 0.364. The van der Waals surface area contributed by atoms with Gasteiger partial charge in [0.05, 0.1) is 0 Å². The van der Waals surface area contributed by atoms with Crippen LogP contribution in [0.4, 0.5) is 4.39 Å². The number of rotatable bonds is 3. The van der Waals surface area contributed by atoms with Crippen LogP contribution in [0.1, 0.15) is 30.9 Å². The number of carbonyl (C=O) groups excluding carboxylic acids is 1. The van der Waals surface area contributed by atoms with Crippen LogP contribution in [0.15, 0.2) is 18.2 Å². The Morgan fingerprint density at radius 3 is 2.77 bits per heavy atom. The minimum atomic E-state index is -0.190. The maximum atomic E-state index is 13.0. The van der Waals surface area contributed by atoms with E-state index in [9.17, 15) is 9.18 Å². The standard InChI is InChI=1S/C11H13FO/c1-3-9-6-10(8(2)7-13)4-5-11(9)12/h4-8H,3H2,1-2H3. The molecule has 2 heteroatoms. The number of carbonyl (C=O) groups is 1. The lowest BCUT2D eigenvalue weighted by Crippen LogP contribution is -1.97. The van der Waals surface area contributed by atoms with E-state index in [-0.39, 0.29) is 11.7 Å². The number of benzene rings is 1. The molecule has 1 atom stereocenters. The molecule has 0 bridgehead atoms. The zero-order valence-electron chi connectivity index (χ0n) is 7.88. The van der Waals surface area contributed by atoms with E-state index in [0.29, 0.717) is 12.0 Å². The van der Waals surface area contributed by atoms with Gasteiger partial charge in [0, 0.05) is 5.92 Å². The van der Waals surface area contributed by atoms with Gasteiger partial charge in [-0.3, -0.25) is 0 Å². The summed E-state index contributed by atoms with van der Waals surface area (Å²) < 4.78 is 13.0. The summed E-state index contributed by atoms with van der Waals surface area (Å²) in [5.74, 6) is -0.338. The minimum absolute atomic E-state index is 0.147. The minimum Gasteiger partial charge on any atom is -0.303 e. The lowest BCUT2D eigenvalue weighted by Gasteiger charge is -2.06. The van der Waals surface area contributed by atoms with Crippen LogP contribution in [0.5, 0.6) is 0 Å². The maximum absolute atomic E-state index is 13.0. The first kappa shape index (κ1) is 9.90. The van der Waals surface area contributed by atoms with Gasteiger partial charge in [-0.05, 0) is 23.6 Å². The van der Waals surface area contributed by atoms with Crippen molar-refractivity contribution >= 4 is 6.29 Å². The van der Waals surface area contributed by atoms with Gasteiger partial charge in [-0.2, -0.15) is 0 Å². The van der Waals surface area contributed by atoms with Gasteiger partial charge in [-0.1, -0.05) is 26.0 Å². The molecule has 0 aliphatic rings. The maximum Gasteiger partial charge on any atom is 0.127 e. The van der Waals surface area contributed by atoms with E-state index in [1.165, 1.54) is 6.07 Å². The van der Waals surface area contributed by atoms with E-state index in [0.717, 1.165) is 11.8 Å². The summed E-state index contributed by atoms with van der Waals surface area (Å²) in [4.78, 5) is 10.5. The zero-order valence-corrected chi connectivity index (χ0v) is 7.88. The summed E-state index contributed by atoms with van der Waals surface area (Å²) >= 11 is 0. The molecule has 0 saturated carbocycles.